The fourth-order valence-electron chi connectivity index (χ4n) is 1.98. The minimum Gasteiger partial charge on any atom is -0.396 e. The number of aryl methyl sites for hydroxylation is 1. The van der Waals surface area contributed by atoms with Crippen LogP contribution in [0.4, 0.5) is 0 Å². The molecule has 5 heteroatoms. The van der Waals surface area contributed by atoms with E-state index in [2.05, 4.69) is 9.97 Å². The van der Waals surface area contributed by atoms with E-state index >= 15 is 0 Å². The number of hydrogen-bond donors (Lipinski definition) is 1. The topological polar surface area (TPSA) is 66.3 Å². The second-order valence-corrected chi connectivity index (χ2v) is 4.46. The Kier molecular flexibility index (Phi) is 3.68. The quantitative estimate of drug-likeness (QED) is 0.816. The molecule has 5 nitrogen and oxygen atoms in total. The molecule has 1 aromatic rings. The number of nitrogens with zero attached hydrogens (tertiary/aromatic N) is 3. The molecule has 1 aliphatic rings. The molecule has 17 heavy (non-hydrogen) atoms. The number of piperidine rings is 1. The van der Waals surface area contributed by atoms with Crippen molar-refractivity contribution in [2.75, 3.05) is 19.7 Å². The molecular weight excluding hydrogens is 218 g/mol. The summed E-state index contributed by atoms with van der Waals surface area (Å²) in [6, 6.07) is 0. The van der Waals surface area contributed by atoms with E-state index in [9.17, 15) is 4.79 Å². The Morgan fingerprint density at radius 3 is 2.65 bits per heavy atom. The predicted octanol–water partition coefficient (Wildman–Crippen LogP) is 0.630. The summed E-state index contributed by atoms with van der Waals surface area (Å²) in [6.45, 7) is 3.44. The van der Waals surface area contributed by atoms with Gasteiger partial charge in [-0.2, -0.15) is 0 Å². The number of amides is 1. The molecule has 1 N–H and O–H groups in total. The van der Waals surface area contributed by atoms with Gasteiger partial charge in [0.25, 0.3) is 5.91 Å². The second kappa shape index (κ2) is 5.23. The van der Waals surface area contributed by atoms with Crippen molar-refractivity contribution >= 4 is 5.91 Å². The standard InChI is InChI=1S/C12H17N3O2/c1-9-6-14-11(7-13-9)12(17)15-4-2-10(8-16)3-5-15/h6-7,10,16H,2-5,8H2,1H3. The molecule has 0 atom stereocenters. The van der Waals surface area contributed by atoms with Gasteiger partial charge in [-0.15, -0.1) is 0 Å². The van der Waals surface area contributed by atoms with E-state index in [0.717, 1.165) is 18.5 Å². The highest BCUT2D eigenvalue weighted by atomic mass is 16.3. The van der Waals surface area contributed by atoms with E-state index in [1.165, 1.54) is 6.20 Å². The van der Waals surface area contributed by atoms with Crippen LogP contribution in [0, 0.1) is 12.8 Å². The number of aromatic nitrogens is 2. The van der Waals surface area contributed by atoms with Gasteiger partial charge < -0.3 is 10.0 Å². The molecular formula is C12H17N3O2. The highest BCUT2D eigenvalue weighted by Crippen LogP contribution is 2.17. The second-order valence-electron chi connectivity index (χ2n) is 4.46. The van der Waals surface area contributed by atoms with E-state index in [4.69, 9.17) is 5.11 Å². The highest BCUT2D eigenvalue weighted by Gasteiger charge is 2.23. The number of likely N-dealkylation sites (tertiary alicyclic amines) is 1. The van der Waals surface area contributed by atoms with Crippen molar-refractivity contribution in [3.05, 3.63) is 23.8 Å². The van der Waals surface area contributed by atoms with E-state index in [0.29, 0.717) is 24.7 Å². The largest absolute Gasteiger partial charge is 0.396 e. The monoisotopic (exact) mass is 235 g/mol. The molecule has 0 spiro atoms. The number of aliphatic hydroxyl groups excluding tert-OH is 1. The molecule has 0 saturated carbocycles. The highest BCUT2D eigenvalue weighted by molar-refractivity contribution is 5.92. The van der Waals surface area contributed by atoms with Crippen LogP contribution in [-0.2, 0) is 0 Å². The van der Waals surface area contributed by atoms with Gasteiger partial charge in [-0.1, -0.05) is 0 Å². The lowest BCUT2D eigenvalue weighted by Crippen LogP contribution is -2.39. The first kappa shape index (κ1) is 12.0. The summed E-state index contributed by atoms with van der Waals surface area (Å²) in [7, 11) is 0. The molecule has 2 rings (SSSR count). The number of carbonyl (C=O) groups is 1. The molecule has 0 radical (unpaired) electrons. The van der Waals surface area contributed by atoms with Gasteiger partial charge in [0.15, 0.2) is 0 Å². The van der Waals surface area contributed by atoms with Crippen molar-refractivity contribution in [2.45, 2.75) is 19.8 Å². The van der Waals surface area contributed by atoms with Gasteiger partial charge in [-0.05, 0) is 25.7 Å². The fraction of sp³-hybridized carbons (Fsp3) is 0.583. The number of rotatable bonds is 2. The zero-order chi connectivity index (χ0) is 12.3. The van der Waals surface area contributed by atoms with Crippen LogP contribution in [0.15, 0.2) is 12.4 Å². The van der Waals surface area contributed by atoms with Crippen molar-refractivity contribution in [1.82, 2.24) is 14.9 Å². The first-order chi connectivity index (χ1) is 8.20. The van der Waals surface area contributed by atoms with E-state index < -0.39 is 0 Å². The molecule has 92 valence electrons. The SMILES string of the molecule is Cc1cnc(C(=O)N2CCC(CO)CC2)cn1. The van der Waals surface area contributed by atoms with Gasteiger partial charge in [0.2, 0.25) is 0 Å². The minimum absolute atomic E-state index is 0.0612. The predicted molar refractivity (Wildman–Crippen MR) is 62.5 cm³/mol. The van der Waals surface area contributed by atoms with E-state index in [1.54, 1.807) is 11.1 Å². The Hall–Kier alpha value is -1.49. The van der Waals surface area contributed by atoms with Crippen LogP contribution in [0.1, 0.15) is 29.0 Å². The van der Waals surface area contributed by atoms with Crippen LogP contribution in [0.3, 0.4) is 0 Å². The van der Waals surface area contributed by atoms with Crippen LogP contribution in [0.5, 0.6) is 0 Å². The van der Waals surface area contributed by atoms with Crippen molar-refractivity contribution in [2.24, 2.45) is 5.92 Å². The Bertz CT molecular complexity index is 383. The van der Waals surface area contributed by atoms with Crippen molar-refractivity contribution in [3.8, 4) is 0 Å². The van der Waals surface area contributed by atoms with Gasteiger partial charge in [-0.25, -0.2) is 4.98 Å². The summed E-state index contributed by atoms with van der Waals surface area (Å²) in [6.07, 6.45) is 4.85. The normalized spacial score (nSPS) is 17.2. The summed E-state index contributed by atoms with van der Waals surface area (Å²) < 4.78 is 0. The van der Waals surface area contributed by atoms with Gasteiger partial charge in [0, 0.05) is 25.9 Å². The molecule has 1 aliphatic heterocycles. The zero-order valence-electron chi connectivity index (χ0n) is 9.96. The molecule has 1 fully saturated rings. The van der Waals surface area contributed by atoms with Gasteiger partial charge in [-0.3, -0.25) is 9.78 Å². The van der Waals surface area contributed by atoms with Crippen LogP contribution < -0.4 is 0 Å². The maximum absolute atomic E-state index is 12.1. The maximum atomic E-state index is 12.1. The Morgan fingerprint density at radius 2 is 2.12 bits per heavy atom. The summed E-state index contributed by atoms with van der Waals surface area (Å²) >= 11 is 0. The molecule has 0 unspecified atom stereocenters. The van der Waals surface area contributed by atoms with Gasteiger partial charge in [0.1, 0.15) is 5.69 Å². The molecule has 1 amide bonds. The Balaban J connectivity index is 1.99. The van der Waals surface area contributed by atoms with Crippen molar-refractivity contribution in [1.29, 1.82) is 0 Å². The Labute approximate surface area is 100 Å². The summed E-state index contributed by atoms with van der Waals surface area (Å²) in [5, 5.41) is 9.04. The number of aliphatic hydroxyl groups is 1. The third kappa shape index (κ3) is 2.79. The van der Waals surface area contributed by atoms with Gasteiger partial charge >= 0.3 is 0 Å². The minimum atomic E-state index is -0.0612. The molecule has 2 heterocycles. The molecule has 0 bridgehead atoms. The molecule has 0 aromatic carbocycles. The molecule has 1 aromatic heterocycles. The summed E-state index contributed by atoms with van der Waals surface area (Å²) in [5.74, 6) is 0.275. The molecule has 0 aliphatic carbocycles. The Morgan fingerprint density at radius 1 is 1.41 bits per heavy atom. The van der Waals surface area contributed by atoms with Crippen molar-refractivity contribution in [3.63, 3.8) is 0 Å². The number of carbonyl (C=O) groups excluding carboxylic acids is 1. The lowest BCUT2D eigenvalue weighted by molar-refractivity contribution is 0.0644. The van der Waals surface area contributed by atoms with E-state index in [1.807, 2.05) is 6.92 Å². The average Bonchev–Trinajstić information content (AvgIpc) is 2.39. The third-order valence-electron chi connectivity index (χ3n) is 3.16. The first-order valence-electron chi connectivity index (χ1n) is 5.89. The van der Waals surface area contributed by atoms with Gasteiger partial charge in [0.05, 0.1) is 11.9 Å². The first-order valence-corrected chi connectivity index (χ1v) is 5.89. The van der Waals surface area contributed by atoms with Crippen LogP contribution >= 0.6 is 0 Å². The third-order valence-corrected chi connectivity index (χ3v) is 3.16. The fourth-order valence-corrected chi connectivity index (χ4v) is 1.98. The average molecular weight is 235 g/mol. The lowest BCUT2D eigenvalue weighted by Gasteiger charge is -2.30. The number of hydrogen-bond acceptors (Lipinski definition) is 4. The van der Waals surface area contributed by atoms with Crippen LogP contribution in [-0.4, -0.2) is 45.6 Å². The van der Waals surface area contributed by atoms with Crippen LogP contribution in [0.2, 0.25) is 0 Å². The summed E-state index contributed by atoms with van der Waals surface area (Å²) in [5.41, 5.74) is 1.21. The van der Waals surface area contributed by atoms with Crippen LogP contribution in [0.25, 0.3) is 0 Å². The summed E-state index contributed by atoms with van der Waals surface area (Å²) in [4.78, 5) is 22.0. The lowest BCUT2D eigenvalue weighted by atomic mass is 9.98. The zero-order valence-corrected chi connectivity index (χ0v) is 9.96. The maximum Gasteiger partial charge on any atom is 0.274 e. The van der Waals surface area contributed by atoms with E-state index in [-0.39, 0.29) is 12.5 Å². The smallest absolute Gasteiger partial charge is 0.274 e. The van der Waals surface area contributed by atoms with Crippen molar-refractivity contribution < 1.29 is 9.90 Å². The molecule has 1 saturated heterocycles.